The van der Waals surface area contributed by atoms with Crippen LogP contribution in [0.15, 0.2) is 54.6 Å². The van der Waals surface area contributed by atoms with E-state index in [9.17, 15) is 14.7 Å². The molecule has 0 aliphatic carbocycles. The third-order valence-electron chi connectivity index (χ3n) is 3.90. The second-order valence-corrected chi connectivity index (χ2v) is 5.39. The molecule has 23 heavy (non-hydrogen) atoms. The first-order valence-electron chi connectivity index (χ1n) is 7.62. The number of hydrogen-bond acceptors (Lipinski definition) is 3. The van der Waals surface area contributed by atoms with Crippen molar-refractivity contribution in [3.63, 3.8) is 0 Å². The molecule has 4 heteroatoms. The van der Waals surface area contributed by atoms with E-state index in [2.05, 4.69) is 0 Å². The molecule has 0 aromatic heterocycles. The molecule has 0 saturated heterocycles. The maximum absolute atomic E-state index is 12.3. The highest BCUT2D eigenvalue weighted by Crippen LogP contribution is 2.26. The molecule has 2 atom stereocenters. The van der Waals surface area contributed by atoms with Crippen LogP contribution in [0.25, 0.3) is 0 Å². The number of benzene rings is 2. The van der Waals surface area contributed by atoms with Gasteiger partial charge in [0.25, 0.3) is 0 Å². The minimum atomic E-state index is -1.14. The summed E-state index contributed by atoms with van der Waals surface area (Å²) in [5, 5.41) is 9.17. The van der Waals surface area contributed by atoms with Crippen molar-refractivity contribution in [2.45, 2.75) is 32.3 Å². The minimum absolute atomic E-state index is 0.0440. The second kappa shape index (κ2) is 7.58. The van der Waals surface area contributed by atoms with Gasteiger partial charge in [-0.3, -0.25) is 0 Å². The maximum Gasteiger partial charge on any atom is 0.339 e. The van der Waals surface area contributed by atoms with E-state index in [0.717, 1.165) is 12.0 Å². The smallest absolute Gasteiger partial charge is 0.339 e. The van der Waals surface area contributed by atoms with Crippen molar-refractivity contribution >= 4 is 11.9 Å². The molecule has 0 heterocycles. The van der Waals surface area contributed by atoms with Crippen LogP contribution in [0.5, 0.6) is 0 Å². The Morgan fingerprint density at radius 2 is 1.57 bits per heavy atom. The normalized spacial score (nSPS) is 13.1. The number of carbonyl (C=O) groups is 2. The fourth-order valence-corrected chi connectivity index (χ4v) is 2.70. The fraction of sp³-hybridized carbons (Fsp3) is 0.263. The van der Waals surface area contributed by atoms with Crippen molar-refractivity contribution in [1.82, 2.24) is 0 Å². The predicted molar refractivity (Wildman–Crippen MR) is 87.8 cm³/mol. The lowest BCUT2D eigenvalue weighted by Crippen LogP contribution is -2.23. The van der Waals surface area contributed by atoms with Crippen molar-refractivity contribution in [2.24, 2.45) is 0 Å². The van der Waals surface area contributed by atoms with E-state index >= 15 is 0 Å². The van der Waals surface area contributed by atoms with Gasteiger partial charge in [0.05, 0.1) is 11.1 Å². The molecule has 0 bridgehead atoms. The molecule has 2 aromatic rings. The Kier molecular flexibility index (Phi) is 5.52. The van der Waals surface area contributed by atoms with Gasteiger partial charge in [-0.15, -0.1) is 0 Å². The molecule has 0 saturated carbocycles. The molecule has 2 aromatic carbocycles. The highest BCUT2D eigenvalue weighted by atomic mass is 16.5. The van der Waals surface area contributed by atoms with Gasteiger partial charge >= 0.3 is 11.9 Å². The van der Waals surface area contributed by atoms with E-state index in [1.54, 1.807) is 12.1 Å². The van der Waals surface area contributed by atoms with Crippen molar-refractivity contribution in [2.75, 3.05) is 0 Å². The fourth-order valence-electron chi connectivity index (χ4n) is 2.70. The molecule has 1 N–H and O–H groups in total. The van der Waals surface area contributed by atoms with Crippen molar-refractivity contribution in [3.05, 3.63) is 71.3 Å². The largest absolute Gasteiger partial charge is 0.478 e. The van der Waals surface area contributed by atoms with E-state index in [-0.39, 0.29) is 23.1 Å². The van der Waals surface area contributed by atoms with Gasteiger partial charge in [-0.25, -0.2) is 9.59 Å². The Hall–Kier alpha value is -2.62. The summed E-state index contributed by atoms with van der Waals surface area (Å²) >= 11 is 0. The van der Waals surface area contributed by atoms with Gasteiger partial charge in [0.2, 0.25) is 0 Å². The molecule has 2 rings (SSSR count). The van der Waals surface area contributed by atoms with Crippen molar-refractivity contribution in [3.8, 4) is 0 Å². The number of hydrogen-bond donors (Lipinski definition) is 1. The number of esters is 1. The molecule has 0 fully saturated rings. The van der Waals surface area contributed by atoms with Crippen LogP contribution in [0.4, 0.5) is 0 Å². The zero-order chi connectivity index (χ0) is 16.8. The van der Waals surface area contributed by atoms with Crippen LogP contribution in [0.3, 0.4) is 0 Å². The topological polar surface area (TPSA) is 63.6 Å². The summed E-state index contributed by atoms with van der Waals surface area (Å²) in [6.45, 7) is 3.87. The summed E-state index contributed by atoms with van der Waals surface area (Å²) in [5.41, 5.74) is 1.13. The zero-order valence-electron chi connectivity index (χ0n) is 13.2. The van der Waals surface area contributed by atoms with Crippen LogP contribution in [-0.2, 0) is 4.74 Å². The second-order valence-electron chi connectivity index (χ2n) is 5.39. The molecule has 0 aliphatic rings. The zero-order valence-corrected chi connectivity index (χ0v) is 13.2. The summed E-state index contributed by atoms with van der Waals surface area (Å²) in [5.74, 6) is -1.68. The first-order chi connectivity index (χ1) is 11.0. The average Bonchev–Trinajstić information content (AvgIpc) is 2.56. The Morgan fingerprint density at radius 3 is 2.13 bits per heavy atom. The van der Waals surface area contributed by atoms with Gasteiger partial charge in [-0.1, -0.05) is 49.4 Å². The Labute approximate surface area is 135 Å². The quantitative estimate of drug-likeness (QED) is 0.815. The van der Waals surface area contributed by atoms with Gasteiger partial charge in [-0.05, 0) is 31.0 Å². The standard InChI is InChI=1S/C19H20O4/c1-3-15(14-9-5-4-6-10-14)13(2)23-19(22)17-12-8-7-11-16(17)18(20)21/h4-13,15H,3H2,1-2H3,(H,20,21). The van der Waals surface area contributed by atoms with Crippen LogP contribution in [0.1, 0.15) is 52.5 Å². The summed E-state index contributed by atoms with van der Waals surface area (Å²) in [6.07, 6.45) is 0.468. The number of ether oxygens (including phenoxy) is 1. The minimum Gasteiger partial charge on any atom is -0.478 e. The third-order valence-corrected chi connectivity index (χ3v) is 3.90. The van der Waals surface area contributed by atoms with Gasteiger partial charge in [0.15, 0.2) is 0 Å². The average molecular weight is 312 g/mol. The molecule has 0 amide bonds. The first-order valence-corrected chi connectivity index (χ1v) is 7.62. The summed E-state index contributed by atoms with van der Waals surface area (Å²) in [7, 11) is 0. The number of carbonyl (C=O) groups excluding carboxylic acids is 1. The highest BCUT2D eigenvalue weighted by Gasteiger charge is 2.24. The van der Waals surface area contributed by atoms with Crippen LogP contribution in [-0.4, -0.2) is 23.1 Å². The Balaban J connectivity index is 2.18. The molecular weight excluding hydrogens is 292 g/mol. The van der Waals surface area contributed by atoms with Crippen LogP contribution in [0, 0.1) is 0 Å². The number of rotatable bonds is 6. The van der Waals surface area contributed by atoms with E-state index in [1.165, 1.54) is 12.1 Å². The number of carboxylic acid groups (broad SMARTS) is 1. The first kappa shape index (κ1) is 16.7. The summed E-state index contributed by atoms with van der Waals surface area (Å²) < 4.78 is 5.53. The predicted octanol–water partition coefficient (Wildman–Crippen LogP) is 4.12. The molecule has 120 valence electrons. The molecule has 0 spiro atoms. The van der Waals surface area contributed by atoms with Crippen molar-refractivity contribution in [1.29, 1.82) is 0 Å². The van der Waals surface area contributed by atoms with Crippen molar-refractivity contribution < 1.29 is 19.4 Å². The Bertz CT molecular complexity index is 679. The molecule has 0 radical (unpaired) electrons. The number of carboxylic acids is 1. The van der Waals surface area contributed by atoms with Gasteiger partial charge in [0, 0.05) is 5.92 Å². The lowest BCUT2D eigenvalue weighted by Gasteiger charge is -2.23. The lowest BCUT2D eigenvalue weighted by atomic mass is 9.92. The summed E-state index contributed by atoms with van der Waals surface area (Å²) in [4.78, 5) is 23.6. The van der Waals surface area contributed by atoms with Gasteiger partial charge in [-0.2, -0.15) is 0 Å². The lowest BCUT2D eigenvalue weighted by molar-refractivity contribution is 0.0272. The highest BCUT2D eigenvalue weighted by molar-refractivity contribution is 6.02. The van der Waals surface area contributed by atoms with Gasteiger partial charge in [0.1, 0.15) is 6.10 Å². The molecule has 4 nitrogen and oxygen atoms in total. The third kappa shape index (κ3) is 3.97. The van der Waals surface area contributed by atoms with E-state index in [0.29, 0.717) is 0 Å². The monoisotopic (exact) mass is 312 g/mol. The Morgan fingerprint density at radius 1 is 1.00 bits per heavy atom. The maximum atomic E-state index is 12.3. The van der Waals surface area contributed by atoms with E-state index < -0.39 is 11.9 Å². The van der Waals surface area contributed by atoms with Gasteiger partial charge < -0.3 is 9.84 Å². The molecule has 2 unspecified atom stereocenters. The SMILES string of the molecule is CCC(c1ccccc1)C(C)OC(=O)c1ccccc1C(=O)O. The van der Waals surface area contributed by atoms with Crippen LogP contribution in [0.2, 0.25) is 0 Å². The molecule has 0 aliphatic heterocycles. The number of aromatic carboxylic acids is 1. The van der Waals surface area contributed by atoms with Crippen LogP contribution >= 0.6 is 0 Å². The van der Waals surface area contributed by atoms with E-state index in [1.807, 2.05) is 44.2 Å². The van der Waals surface area contributed by atoms with E-state index in [4.69, 9.17) is 4.74 Å². The molecular formula is C19H20O4. The summed E-state index contributed by atoms with van der Waals surface area (Å²) in [6, 6.07) is 15.9. The van der Waals surface area contributed by atoms with Crippen LogP contribution < -0.4 is 0 Å².